The zero-order chi connectivity index (χ0) is 14.4. The highest BCUT2D eigenvalue weighted by molar-refractivity contribution is 7.09. The first-order valence-electron chi connectivity index (χ1n) is 6.52. The Balaban J connectivity index is 2.44. The average Bonchev–Trinajstić information content (AvgIpc) is 2.59. The van der Waals surface area contributed by atoms with Crippen LogP contribution in [-0.4, -0.2) is 28.2 Å². The zero-order valence-electron chi connectivity index (χ0n) is 11.7. The van der Waals surface area contributed by atoms with Crippen LogP contribution in [0, 0.1) is 13.8 Å². The molecular weight excluding hydrogens is 264 g/mol. The number of carbonyl (C=O) groups excluding carboxylic acids is 1. The second kappa shape index (κ2) is 7.45. The molecule has 0 radical (unpaired) electrons. The molecule has 0 aromatic carbocycles. The minimum Gasteiger partial charge on any atom is -0.396 e. The van der Waals surface area contributed by atoms with Crippen LogP contribution in [0.15, 0.2) is 4.79 Å². The van der Waals surface area contributed by atoms with E-state index in [1.165, 1.54) is 11.3 Å². The van der Waals surface area contributed by atoms with Gasteiger partial charge in [-0.3, -0.25) is 9.59 Å². The highest BCUT2D eigenvalue weighted by Crippen LogP contribution is 2.09. The molecule has 108 valence electrons. The quantitative estimate of drug-likeness (QED) is 0.791. The molecule has 0 aliphatic rings. The van der Waals surface area contributed by atoms with E-state index in [1.54, 1.807) is 4.57 Å². The van der Waals surface area contributed by atoms with Crippen LogP contribution in [-0.2, 0) is 11.3 Å². The highest BCUT2D eigenvalue weighted by atomic mass is 32.1. The first-order valence-corrected chi connectivity index (χ1v) is 7.34. The zero-order valence-corrected chi connectivity index (χ0v) is 12.5. The van der Waals surface area contributed by atoms with Gasteiger partial charge in [-0.1, -0.05) is 11.3 Å². The fourth-order valence-electron chi connectivity index (χ4n) is 1.88. The van der Waals surface area contributed by atoms with E-state index in [0.29, 0.717) is 19.4 Å². The summed E-state index contributed by atoms with van der Waals surface area (Å²) in [5.74, 6) is -0.0550. The molecule has 5 nitrogen and oxygen atoms in total. The molecule has 1 amide bonds. The van der Waals surface area contributed by atoms with Crippen LogP contribution >= 0.6 is 11.3 Å². The van der Waals surface area contributed by atoms with Crippen molar-refractivity contribution < 1.29 is 9.90 Å². The van der Waals surface area contributed by atoms with Gasteiger partial charge in [0.15, 0.2) is 0 Å². The van der Waals surface area contributed by atoms with Gasteiger partial charge in [0.2, 0.25) is 5.91 Å². The SMILES string of the molecule is Cc1sc(=O)n(CCC(=O)NC(C)CCCO)c1C. The standard InChI is InChI=1S/C13H22N2O3S/c1-9(5-4-8-16)14-12(17)6-7-15-10(2)11(3)19-13(15)18/h9,16H,4-8H2,1-3H3,(H,14,17). The third-order valence-corrected chi connectivity index (χ3v) is 4.14. The number of hydrogen-bond acceptors (Lipinski definition) is 4. The van der Waals surface area contributed by atoms with Gasteiger partial charge in [-0.2, -0.15) is 0 Å². The molecule has 19 heavy (non-hydrogen) atoms. The maximum Gasteiger partial charge on any atom is 0.307 e. The minimum absolute atomic E-state index is 0.00358. The molecule has 0 bridgehead atoms. The van der Waals surface area contributed by atoms with Crippen LogP contribution < -0.4 is 10.2 Å². The minimum atomic E-state index is -0.0550. The molecule has 0 saturated carbocycles. The van der Waals surface area contributed by atoms with Crippen molar-refractivity contribution >= 4 is 17.2 Å². The molecule has 1 aromatic heterocycles. The number of aliphatic hydroxyl groups excluding tert-OH is 1. The van der Waals surface area contributed by atoms with E-state index in [4.69, 9.17) is 5.11 Å². The van der Waals surface area contributed by atoms with E-state index >= 15 is 0 Å². The predicted octanol–water partition coefficient (Wildman–Crippen LogP) is 1.19. The maximum absolute atomic E-state index is 11.7. The first-order chi connectivity index (χ1) is 8.95. The van der Waals surface area contributed by atoms with E-state index in [2.05, 4.69) is 5.32 Å². The summed E-state index contributed by atoms with van der Waals surface area (Å²) in [4.78, 5) is 24.4. The average molecular weight is 286 g/mol. The number of nitrogens with one attached hydrogen (secondary N) is 1. The number of aromatic nitrogens is 1. The summed E-state index contributed by atoms with van der Waals surface area (Å²) in [6, 6.07) is 0.0571. The first kappa shape index (κ1) is 15.9. The van der Waals surface area contributed by atoms with Crippen molar-refractivity contribution in [2.24, 2.45) is 0 Å². The van der Waals surface area contributed by atoms with Gasteiger partial charge in [-0.25, -0.2) is 0 Å². The van der Waals surface area contributed by atoms with Gasteiger partial charge in [0.05, 0.1) is 0 Å². The lowest BCUT2D eigenvalue weighted by molar-refractivity contribution is -0.122. The fraction of sp³-hybridized carbons (Fsp3) is 0.692. The predicted molar refractivity (Wildman–Crippen MR) is 76.6 cm³/mol. The Morgan fingerprint density at radius 3 is 2.68 bits per heavy atom. The van der Waals surface area contributed by atoms with Crippen LogP contribution in [0.4, 0.5) is 0 Å². The number of carbonyl (C=O) groups is 1. The summed E-state index contributed by atoms with van der Waals surface area (Å²) in [6.45, 7) is 6.29. The smallest absolute Gasteiger partial charge is 0.307 e. The third kappa shape index (κ3) is 4.80. The van der Waals surface area contributed by atoms with Crippen molar-refractivity contribution in [1.82, 2.24) is 9.88 Å². The van der Waals surface area contributed by atoms with Crippen LogP contribution in [0.2, 0.25) is 0 Å². The maximum atomic E-state index is 11.7. The molecule has 2 N–H and O–H groups in total. The Bertz CT molecular complexity index is 479. The summed E-state index contributed by atoms with van der Waals surface area (Å²) in [6.07, 6.45) is 1.75. The Morgan fingerprint density at radius 1 is 1.47 bits per heavy atom. The lowest BCUT2D eigenvalue weighted by Gasteiger charge is -2.13. The molecule has 0 fully saturated rings. The number of aryl methyl sites for hydroxylation is 1. The van der Waals surface area contributed by atoms with Crippen molar-refractivity contribution in [3.63, 3.8) is 0 Å². The third-order valence-electron chi connectivity index (χ3n) is 3.14. The molecule has 0 spiro atoms. The largest absolute Gasteiger partial charge is 0.396 e. The Morgan fingerprint density at radius 2 is 2.16 bits per heavy atom. The molecule has 0 aliphatic carbocycles. The number of hydrogen-bond donors (Lipinski definition) is 2. The van der Waals surface area contributed by atoms with E-state index in [-0.39, 0.29) is 23.4 Å². The number of aliphatic hydroxyl groups is 1. The lowest BCUT2D eigenvalue weighted by Crippen LogP contribution is -2.33. The van der Waals surface area contributed by atoms with Crippen molar-refractivity contribution in [2.45, 2.75) is 52.6 Å². The summed E-state index contributed by atoms with van der Waals surface area (Å²) in [5, 5.41) is 11.6. The molecule has 0 saturated heterocycles. The van der Waals surface area contributed by atoms with Gasteiger partial charge in [0.25, 0.3) is 0 Å². The number of rotatable bonds is 7. The second-order valence-corrected chi connectivity index (χ2v) is 5.91. The molecule has 0 aliphatic heterocycles. The number of amides is 1. The van der Waals surface area contributed by atoms with Gasteiger partial charge in [-0.15, -0.1) is 0 Å². The van der Waals surface area contributed by atoms with Gasteiger partial charge < -0.3 is 15.0 Å². The van der Waals surface area contributed by atoms with E-state index in [0.717, 1.165) is 17.0 Å². The van der Waals surface area contributed by atoms with Gasteiger partial charge in [0.1, 0.15) is 0 Å². The van der Waals surface area contributed by atoms with Crippen LogP contribution in [0.5, 0.6) is 0 Å². The van der Waals surface area contributed by atoms with E-state index in [9.17, 15) is 9.59 Å². The molecule has 1 rings (SSSR count). The number of nitrogens with zero attached hydrogens (tertiary/aromatic N) is 1. The van der Waals surface area contributed by atoms with Crippen molar-refractivity contribution in [3.8, 4) is 0 Å². The molecular formula is C13H22N2O3S. The molecule has 1 aromatic rings. The van der Waals surface area contributed by atoms with Crippen LogP contribution in [0.25, 0.3) is 0 Å². The Hall–Kier alpha value is -1.14. The topological polar surface area (TPSA) is 71.3 Å². The van der Waals surface area contributed by atoms with Crippen molar-refractivity contribution in [3.05, 3.63) is 20.2 Å². The Kier molecular flexibility index (Phi) is 6.24. The fourth-order valence-corrected chi connectivity index (χ4v) is 2.73. The van der Waals surface area contributed by atoms with Gasteiger partial charge in [-0.05, 0) is 33.6 Å². The van der Waals surface area contributed by atoms with Crippen LogP contribution in [0.3, 0.4) is 0 Å². The molecule has 1 atom stereocenters. The summed E-state index contributed by atoms with van der Waals surface area (Å²) in [7, 11) is 0. The number of thiazole rings is 1. The summed E-state index contributed by atoms with van der Waals surface area (Å²) >= 11 is 1.22. The van der Waals surface area contributed by atoms with Gasteiger partial charge in [0, 0.05) is 36.2 Å². The lowest BCUT2D eigenvalue weighted by atomic mass is 10.2. The van der Waals surface area contributed by atoms with Crippen LogP contribution in [0.1, 0.15) is 36.8 Å². The van der Waals surface area contributed by atoms with Gasteiger partial charge >= 0.3 is 4.87 Å². The molecule has 1 heterocycles. The molecule has 6 heteroatoms. The molecule has 1 unspecified atom stereocenters. The summed E-state index contributed by atoms with van der Waals surface area (Å²) < 4.78 is 1.65. The van der Waals surface area contributed by atoms with Crippen molar-refractivity contribution in [2.75, 3.05) is 6.61 Å². The Labute approximate surface area is 117 Å². The van der Waals surface area contributed by atoms with E-state index < -0.39 is 0 Å². The van der Waals surface area contributed by atoms with E-state index in [1.807, 2.05) is 20.8 Å². The monoisotopic (exact) mass is 286 g/mol. The summed E-state index contributed by atoms with van der Waals surface area (Å²) in [5.41, 5.74) is 0.941. The van der Waals surface area contributed by atoms with Crippen molar-refractivity contribution in [1.29, 1.82) is 0 Å². The normalized spacial score (nSPS) is 12.4. The highest BCUT2D eigenvalue weighted by Gasteiger charge is 2.11. The second-order valence-electron chi connectivity index (χ2n) is 4.75.